The van der Waals surface area contributed by atoms with Crippen molar-refractivity contribution >= 4 is 11.9 Å². The van der Waals surface area contributed by atoms with Gasteiger partial charge in [0.1, 0.15) is 6.04 Å². The lowest BCUT2D eigenvalue weighted by Crippen LogP contribution is -2.48. The van der Waals surface area contributed by atoms with E-state index in [0.29, 0.717) is 0 Å². The van der Waals surface area contributed by atoms with Crippen LogP contribution >= 0.6 is 0 Å². The van der Waals surface area contributed by atoms with Crippen LogP contribution in [0.1, 0.15) is 26.7 Å². The van der Waals surface area contributed by atoms with Crippen LogP contribution in [0.3, 0.4) is 0 Å². The number of amides is 1. The molecule has 0 saturated heterocycles. The first-order chi connectivity index (χ1) is 6.43. The van der Waals surface area contributed by atoms with Gasteiger partial charge in [0, 0.05) is 19.0 Å². The molecule has 1 amide bonds. The number of nitrogens with one attached hydrogen (secondary N) is 2. The molecule has 1 fully saturated rings. The molecule has 1 aliphatic carbocycles. The molecule has 0 aromatic carbocycles. The van der Waals surface area contributed by atoms with Gasteiger partial charge in [-0.3, -0.25) is 4.79 Å². The molecule has 3 N–H and O–H groups in total. The lowest BCUT2D eigenvalue weighted by atomic mass is 10.2. The molecule has 0 bridgehead atoms. The van der Waals surface area contributed by atoms with Gasteiger partial charge in [-0.2, -0.15) is 0 Å². The summed E-state index contributed by atoms with van der Waals surface area (Å²) < 4.78 is 0. The second-order valence-electron chi connectivity index (χ2n) is 4.03. The van der Waals surface area contributed by atoms with Crippen LogP contribution in [0.25, 0.3) is 0 Å². The maximum atomic E-state index is 10.7. The van der Waals surface area contributed by atoms with Gasteiger partial charge in [-0.05, 0) is 19.8 Å². The number of rotatable bonds is 5. The SMILES string of the molecule is CC(=O)NC(CNC1(C)CC1)C(=O)O. The van der Waals surface area contributed by atoms with E-state index in [1.165, 1.54) is 6.92 Å². The topological polar surface area (TPSA) is 78.4 Å². The zero-order chi connectivity index (χ0) is 10.8. The fourth-order valence-corrected chi connectivity index (χ4v) is 1.16. The summed E-state index contributed by atoms with van der Waals surface area (Å²) >= 11 is 0. The van der Waals surface area contributed by atoms with Crippen molar-refractivity contribution in [2.45, 2.75) is 38.3 Å². The molecule has 1 aliphatic rings. The number of aliphatic carboxylic acids is 1. The molecule has 0 aliphatic heterocycles. The first kappa shape index (κ1) is 11.0. The highest BCUT2D eigenvalue weighted by molar-refractivity contribution is 5.82. The van der Waals surface area contributed by atoms with E-state index in [1.54, 1.807) is 0 Å². The summed E-state index contributed by atoms with van der Waals surface area (Å²) in [5.74, 6) is -1.32. The standard InChI is InChI=1S/C9H16N2O3/c1-6(12)11-7(8(13)14)5-10-9(2)3-4-9/h7,10H,3-5H2,1-2H3,(H,11,12)(H,13,14). The quantitative estimate of drug-likeness (QED) is 0.570. The van der Waals surface area contributed by atoms with Crippen molar-refractivity contribution in [3.8, 4) is 0 Å². The van der Waals surface area contributed by atoms with E-state index in [1.807, 2.05) is 6.92 Å². The molecule has 1 saturated carbocycles. The van der Waals surface area contributed by atoms with Crippen LogP contribution in [0.15, 0.2) is 0 Å². The van der Waals surface area contributed by atoms with Crippen molar-refractivity contribution in [2.75, 3.05) is 6.54 Å². The Morgan fingerprint density at radius 3 is 2.43 bits per heavy atom. The van der Waals surface area contributed by atoms with Gasteiger partial charge in [-0.1, -0.05) is 0 Å². The van der Waals surface area contributed by atoms with Crippen molar-refractivity contribution in [2.24, 2.45) is 0 Å². The van der Waals surface area contributed by atoms with Crippen LogP contribution in [-0.2, 0) is 9.59 Å². The minimum atomic E-state index is -1.00. The van der Waals surface area contributed by atoms with Crippen molar-refractivity contribution in [1.82, 2.24) is 10.6 Å². The number of carbonyl (C=O) groups excluding carboxylic acids is 1. The second kappa shape index (κ2) is 3.96. The Bertz CT molecular complexity index is 248. The highest BCUT2D eigenvalue weighted by Crippen LogP contribution is 2.33. The molecule has 1 atom stereocenters. The predicted octanol–water partition coefficient (Wildman–Crippen LogP) is -0.282. The van der Waals surface area contributed by atoms with E-state index < -0.39 is 12.0 Å². The Morgan fingerprint density at radius 1 is 1.50 bits per heavy atom. The molecule has 0 radical (unpaired) electrons. The first-order valence-corrected chi connectivity index (χ1v) is 4.68. The minimum absolute atomic E-state index is 0.0895. The fraction of sp³-hybridized carbons (Fsp3) is 0.778. The summed E-state index contributed by atoms with van der Waals surface area (Å²) in [6, 6.07) is -0.829. The third-order valence-electron chi connectivity index (χ3n) is 2.41. The second-order valence-corrected chi connectivity index (χ2v) is 4.03. The summed E-state index contributed by atoms with van der Waals surface area (Å²) in [7, 11) is 0. The first-order valence-electron chi connectivity index (χ1n) is 4.68. The van der Waals surface area contributed by atoms with Crippen molar-refractivity contribution < 1.29 is 14.7 Å². The molecular weight excluding hydrogens is 184 g/mol. The third kappa shape index (κ3) is 3.33. The average molecular weight is 200 g/mol. The Balaban J connectivity index is 2.35. The van der Waals surface area contributed by atoms with E-state index in [0.717, 1.165) is 12.8 Å². The Kier molecular flexibility index (Phi) is 3.10. The van der Waals surface area contributed by atoms with Gasteiger partial charge in [0.05, 0.1) is 0 Å². The Morgan fingerprint density at radius 2 is 2.07 bits per heavy atom. The minimum Gasteiger partial charge on any atom is -0.480 e. The van der Waals surface area contributed by atoms with Crippen molar-refractivity contribution in [3.63, 3.8) is 0 Å². The van der Waals surface area contributed by atoms with Gasteiger partial charge in [0.25, 0.3) is 0 Å². The van der Waals surface area contributed by atoms with Crippen molar-refractivity contribution in [3.05, 3.63) is 0 Å². The lowest BCUT2D eigenvalue weighted by Gasteiger charge is -2.17. The highest BCUT2D eigenvalue weighted by atomic mass is 16.4. The van der Waals surface area contributed by atoms with E-state index >= 15 is 0 Å². The van der Waals surface area contributed by atoms with Gasteiger partial charge in [-0.15, -0.1) is 0 Å². The van der Waals surface area contributed by atoms with E-state index in [9.17, 15) is 9.59 Å². The number of carboxylic acids is 1. The average Bonchev–Trinajstić information content (AvgIpc) is 2.77. The smallest absolute Gasteiger partial charge is 0.327 e. The van der Waals surface area contributed by atoms with Gasteiger partial charge < -0.3 is 15.7 Å². The molecule has 1 rings (SSSR count). The molecule has 80 valence electrons. The summed E-state index contributed by atoms with van der Waals surface area (Å²) in [6.45, 7) is 3.64. The summed E-state index contributed by atoms with van der Waals surface area (Å²) in [5.41, 5.74) is 0.0895. The molecule has 14 heavy (non-hydrogen) atoms. The molecule has 5 heteroatoms. The van der Waals surface area contributed by atoms with E-state index in [4.69, 9.17) is 5.11 Å². The summed E-state index contributed by atoms with van der Waals surface area (Å²) in [6.07, 6.45) is 2.14. The maximum Gasteiger partial charge on any atom is 0.327 e. The van der Waals surface area contributed by atoms with E-state index in [2.05, 4.69) is 10.6 Å². The summed E-state index contributed by atoms with van der Waals surface area (Å²) in [4.78, 5) is 21.4. The van der Waals surface area contributed by atoms with Crippen LogP contribution in [0.4, 0.5) is 0 Å². The maximum absolute atomic E-state index is 10.7. The molecule has 0 aromatic rings. The highest BCUT2D eigenvalue weighted by Gasteiger charge is 2.37. The molecule has 0 heterocycles. The van der Waals surface area contributed by atoms with Gasteiger partial charge in [0.15, 0.2) is 0 Å². The number of hydrogen-bond donors (Lipinski definition) is 3. The number of carboxylic acid groups (broad SMARTS) is 1. The van der Waals surface area contributed by atoms with Crippen LogP contribution in [0, 0.1) is 0 Å². The van der Waals surface area contributed by atoms with Crippen LogP contribution in [0.2, 0.25) is 0 Å². The zero-order valence-electron chi connectivity index (χ0n) is 8.46. The molecule has 0 spiro atoms. The summed E-state index contributed by atoms with van der Waals surface area (Å²) in [5, 5.41) is 14.3. The number of hydrogen-bond acceptors (Lipinski definition) is 3. The van der Waals surface area contributed by atoms with Gasteiger partial charge >= 0.3 is 5.97 Å². The molecule has 1 unspecified atom stereocenters. The lowest BCUT2D eigenvalue weighted by molar-refractivity contribution is -0.141. The van der Waals surface area contributed by atoms with Gasteiger partial charge in [0.2, 0.25) is 5.91 Å². The van der Waals surface area contributed by atoms with Crippen LogP contribution in [-0.4, -0.2) is 35.1 Å². The van der Waals surface area contributed by atoms with Gasteiger partial charge in [-0.25, -0.2) is 4.79 Å². The van der Waals surface area contributed by atoms with Crippen LogP contribution in [0.5, 0.6) is 0 Å². The molecular formula is C9H16N2O3. The zero-order valence-corrected chi connectivity index (χ0v) is 8.46. The van der Waals surface area contributed by atoms with E-state index in [-0.39, 0.29) is 18.0 Å². The monoisotopic (exact) mass is 200 g/mol. The molecule has 0 aromatic heterocycles. The van der Waals surface area contributed by atoms with Crippen molar-refractivity contribution in [1.29, 1.82) is 0 Å². The number of carbonyl (C=O) groups is 2. The third-order valence-corrected chi connectivity index (χ3v) is 2.41. The molecule has 5 nitrogen and oxygen atoms in total. The Labute approximate surface area is 82.9 Å². The predicted molar refractivity (Wildman–Crippen MR) is 50.9 cm³/mol. The van der Waals surface area contributed by atoms with Crippen LogP contribution < -0.4 is 10.6 Å². The normalized spacial score (nSPS) is 19.9. The largest absolute Gasteiger partial charge is 0.480 e. The Hall–Kier alpha value is -1.10. The fourth-order valence-electron chi connectivity index (χ4n) is 1.16.